The summed E-state index contributed by atoms with van der Waals surface area (Å²) in [5.41, 5.74) is 7.08. The second-order valence-electron chi connectivity index (χ2n) is 7.32. The lowest BCUT2D eigenvalue weighted by Crippen LogP contribution is -2.16. The second kappa shape index (κ2) is 9.36. The van der Waals surface area contributed by atoms with Crippen molar-refractivity contribution >= 4 is 60.9 Å². The van der Waals surface area contributed by atoms with Gasteiger partial charge < -0.3 is 13.7 Å². The molecule has 0 bridgehead atoms. The maximum atomic E-state index is 12.5. The molecule has 168 valence electrons. The molecule has 0 atom stereocenters. The molecule has 4 rings (SSSR count). The highest BCUT2D eigenvalue weighted by Crippen LogP contribution is 2.31. The van der Waals surface area contributed by atoms with Gasteiger partial charge in [-0.25, -0.2) is 10.2 Å². The Kier molecular flexibility index (Phi) is 6.53. The summed E-state index contributed by atoms with van der Waals surface area (Å²) in [5, 5.41) is 4.90. The first-order valence-corrected chi connectivity index (χ1v) is 11.5. The number of esters is 1. The Labute approximate surface area is 206 Å². The number of hydrazone groups is 1. The van der Waals surface area contributed by atoms with Gasteiger partial charge in [-0.1, -0.05) is 22.0 Å². The molecule has 1 amide bonds. The molecule has 0 aliphatic rings. The van der Waals surface area contributed by atoms with Crippen LogP contribution in [0.3, 0.4) is 0 Å². The van der Waals surface area contributed by atoms with Crippen molar-refractivity contribution in [2.24, 2.45) is 5.10 Å². The predicted octanol–water partition coefficient (Wildman–Crippen LogP) is 5.92. The van der Waals surface area contributed by atoms with Gasteiger partial charge in [0.1, 0.15) is 5.58 Å². The highest BCUT2D eigenvalue weighted by atomic mass is 79.9. The molecule has 0 fully saturated rings. The first kappa shape index (κ1) is 23.0. The summed E-state index contributed by atoms with van der Waals surface area (Å²) in [4.78, 5) is 24.4. The van der Waals surface area contributed by atoms with Crippen LogP contribution in [0.15, 0.2) is 67.0 Å². The van der Waals surface area contributed by atoms with Crippen LogP contribution < -0.4 is 5.43 Å². The minimum absolute atomic E-state index is 0.158. The molecule has 2 heterocycles. The Morgan fingerprint density at radius 1 is 1.12 bits per heavy atom. The summed E-state index contributed by atoms with van der Waals surface area (Å²) in [6.45, 7) is 3.90. The SMILES string of the molecule is COC(=O)c1cccc(-n2c(C)cc(/C=N\NC(=O)c3cc4cc(Br)cc(Br)c4o3)c2C)c1. The number of hydrogen-bond acceptors (Lipinski definition) is 5. The molecule has 2 aromatic heterocycles. The average Bonchev–Trinajstić information content (AvgIpc) is 3.34. The van der Waals surface area contributed by atoms with E-state index in [-0.39, 0.29) is 5.76 Å². The van der Waals surface area contributed by atoms with Gasteiger partial charge in [0.05, 0.1) is 23.4 Å². The van der Waals surface area contributed by atoms with Gasteiger partial charge in [0, 0.05) is 32.5 Å². The Morgan fingerprint density at radius 2 is 1.91 bits per heavy atom. The Balaban J connectivity index is 1.55. The van der Waals surface area contributed by atoms with Crippen molar-refractivity contribution < 1.29 is 18.7 Å². The van der Waals surface area contributed by atoms with E-state index in [2.05, 4.69) is 42.4 Å². The lowest BCUT2D eigenvalue weighted by atomic mass is 10.2. The molecule has 0 unspecified atom stereocenters. The first-order chi connectivity index (χ1) is 15.8. The van der Waals surface area contributed by atoms with Crippen LogP contribution in [0.2, 0.25) is 0 Å². The van der Waals surface area contributed by atoms with Crippen molar-refractivity contribution in [2.45, 2.75) is 13.8 Å². The first-order valence-electron chi connectivity index (χ1n) is 9.88. The fourth-order valence-electron chi connectivity index (χ4n) is 3.61. The van der Waals surface area contributed by atoms with E-state index in [9.17, 15) is 9.59 Å². The van der Waals surface area contributed by atoms with Gasteiger partial charge in [0.25, 0.3) is 0 Å². The molecule has 33 heavy (non-hydrogen) atoms. The van der Waals surface area contributed by atoms with E-state index in [1.165, 1.54) is 7.11 Å². The third-order valence-corrected chi connectivity index (χ3v) is 6.17. The summed E-state index contributed by atoms with van der Waals surface area (Å²) in [6, 6.07) is 14.5. The van der Waals surface area contributed by atoms with Crippen LogP contribution in [0.1, 0.15) is 37.9 Å². The zero-order valence-electron chi connectivity index (χ0n) is 18.0. The molecule has 1 N–H and O–H groups in total. The highest BCUT2D eigenvalue weighted by Gasteiger charge is 2.15. The number of aromatic nitrogens is 1. The summed E-state index contributed by atoms with van der Waals surface area (Å²) >= 11 is 6.86. The molecule has 0 aliphatic heterocycles. The number of aryl methyl sites for hydroxylation is 1. The monoisotopic (exact) mass is 571 g/mol. The van der Waals surface area contributed by atoms with Crippen molar-refractivity contribution in [3.63, 3.8) is 0 Å². The number of amides is 1. The molecular weight excluding hydrogens is 554 g/mol. The van der Waals surface area contributed by atoms with E-state index in [0.29, 0.717) is 11.1 Å². The van der Waals surface area contributed by atoms with Gasteiger partial charge in [0.2, 0.25) is 0 Å². The molecular formula is C24H19Br2N3O4. The largest absolute Gasteiger partial charge is 0.465 e. The highest BCUT2D eigenvalue weighted by molar-refractivity contribution is 9.11. The second-order valence-corrected chi connectivity index (χ2v) is 9.09. The number of benzene rings is 2. The van der Waals surface area contributed by atoms with Crippen molar-refractivity contribution in [3.8, 4) is 5.69 Å². The third kappa shape index (κ3) is 4.65. The van der Waals surface area contributed by atoms with Crippen LogP contribution in [-0.4, -0.2) is 29.8 Å². The minimum atomic E-state index is -0.454. The lowest BCUT2D eigenvalue weighted by molar-refractivity contribution is 0.0600. The lowest BCUT2D eigenvalue weighted by Gasteiger charge is -2.10. The molecule has 0 spiro atoms. The van der Waals surface area contributed by atoms with Crippen molar-refractivity contribution in [3.05, 3.63) is 85.8 Å². The van der Waals surface area contributed by atoms with E-state index in [1.54, 1.807) is 30.5 Å². The van der Waals surface area contributed by atoms with E-state index in [1.807, 2.05) is 42.7 Å². The van der Waals surface area contributed by atoms with Gasteiger partial charge >= 0.3 is 11.9 Å². The van der Waals surface area contributed by atoms with E-state index >= 15 is 0 Å². The topological polar surface area (TPSA) is 85.8 Å². The van der Waals surface area contributed by atoms with Gasteiger partial charge in [-0.05, 0) is 72.2 Å². The van der Waals surface area contributed by atoms with Crippen LogP contribution in [0.25, 0.3) is 16.7 Å². The van der Waals surface area contributed by atoms with Crippen LogP contribution in [0.5, 0.6) is 0 Å². The number of nitrogens with one attached hydrogen (secondary N) is 1. The van der Waals surface area contributed by atoms with E-state index in [4.69, 9.17) is 9.15 Å². The van der Waals surface area contributed by atoms with E-state index in [0.717, 1.165) is 37.0 Å². The number of rotatable bonds is 5. The Bertz CT molecular complexity index is 1420. The smallest absolute Gasteiger partial charge is 0.337 e. The number of fused-ring (bicyclic) bond motifs is 1. The predicted molar refractivity (Wildman–Crippen MR) is 133 cm³/mol. The Hall–Kier alpha value is -3.17. The number of halogens is 2. The van der Waals surface area contributed by atoms with Gasteiger partial charge in [-0.3, -0.25) is 4.79 Å². The van der Waals surface area contributed by atoms with Gasteiger partial charge in [0.15, 0.2) is 5.76 Å². The summed E-state index contributed by atoms with van der Waals surface area (Å²) in [7, 11) is 1.35. The molecule has 0 aliphatic carbocycles. The van der Waals surface area contributed by atoms with Crippen LogP contribution in [0, 0.1) is 13.8 Å². The molecule has 2 aromatic carbocycles. The van der Waals surface area contributed by atoms with E-state index < -0.39 is 11.9 Å². The normalized spacial score (nSPS) is 11.3. The zero-order valence-corrected chi connectivity index (χ0v) is 21.2. The number of carbonyl (C=O) groups is 2. The molecule has 0 radical (unpaired) electrons. The molecule has 4 aromatic rings. The number of furan rings is 1. The van der Waals surface area contributed by atoms with Gasteiger partial charge in [-0.15, -0.1) is 0 Å². The molecule has 9 heteroatoms. The standard InChI is InChI=1S/C24H19Br2N3O4/c1-13-7-17(14(2)29(13)19-6-4-5-15(9-19)24(31)32-3)12-27-28-23(30)21-10-16-8-18(25)11-20(26)22(16)33-21/h4-12H,1-3H3,(H,28,30)/b27-12-. The fraction of sp³-hybridized carbons (Fsp3) is 0.125. The van der Waals surface area contributed by atoms with Crippen molar-refractivity contribution in [1.29, 1.82) is 0 Å². The number of carbonyl (C=O) groups excluding carboxylic acids is 2. The van der Waals surface area contributed by atoms with Crippen LogP contribution in [0.4, 0.5) is 0 Å². The van der Waals surface area contributed by atoms with Crippen molar-refractivity contribution in [2.75, 3.05) is 7.11 Å². The Morgan fingerprint density at radius 3 is 2.67 bits per heavy atom. The summed E-state index contributed by atoms with van der Waals surface area (Å²) in [5.74, 6) is -0.690. The number of ether oxygens (including phenoxy) is 1. The number of methoxy groups -OCH3 is 1. The zero-order chi connectivity index (χ0) is 23.7. The quantitative estimate of drug-likeness (QED) is 0.183. The number of nitrogens with zero attached hydrogens (tertiary/aromatic N) is 2. The molecule has 7 nitrogen and oxygen atoms in total. The van der Waals surface area contributed by atoms with Crippen LogP contribution in [-0.2, 0) is 4.74 Å². The third-order valence-electron chi connectivity index (χ3n) is 5.12. The summed E-state index contributed by atoms with van der Waals surface area (Å²) in [6.07, 6.45) is 1.58. The molecule has 0 saturated heterocycles. The number of hydrogen-bond donors (Lipinski definition) is 1. The van der Waals surface area contributed by atoms with Gasteiger partial charge in [-0.2, -0.15) is 5.10 Å². The fourth-order valence-corrected chi connectivity index (χ4v) is 4.95. The van der Waals surface area contributed by atoms with Crippen LogP contribution >= 0.6 is 31.9 Å². The summed E-state index contributed by atoms with van der Waals surface area (Å²) < 4.78 is 14.1. The minimum Gasteiger partial charge on any atom is -0.465 e. The average molecular weight is 573 g/mol. The molecule has 0 saturated carbocycles. The van der Waals surface area contributed by atoms with Crippen molar-refractivity contribution in [1.82, 2.24) is 9.99 Å². The maximum Gasteiger partial charge on any atom is 0.337 e. The maximum absolute atomic E-state index is 12.5.